The van der Waals surface area contributed by atoms with Crippen LogP contribution in [-0.2, 0) is 28.1 Å². The van der Waals surface area contributed by atoms with E-state index in [2.05, 4.69) is 15.6 Å². The van der Waals surface area contributed by atoms with Crippen molar-refractivity contribution in [2.24, 2.45) is 0 Å². The normalized spacial score (nSPS) is 19.9. The Balaban J connectivity index is 1.34. The molecule has 1 aromatic heterocycles. The van der Waals surface area contributed by atoms with Crippen molar-refractivity contribution in [3.63, 3.8) is 0 Å². The maximum absolute atomic E-state index is 13.0. The molecule has 0 radical (unpaired) electrons. The summed E-state index contributed by atoms with van der Waals surface area (Å²) in [5.74, 6) is 0.392. The van der Waals surface area contributed by atoms with Crippen molar-refractivity contribution >= 4 is 11.9 Å². The zero-order valence-electron chi connectivity index (χ0n) is 16.9. The molecule has 1 saturated heterocycles. The molecule has 2 N–H and O–H groups in total. The lowest BCUT2D eigenvalue weighted by atomic mass is 9.88. The van der Waals surface area contributed by atoms with Crippen LogP contribution in [0.3, 0.4) is 0 Å². The first-order valence-electron chi connectivity index (χ1n) is 10.2. The van der Waals surface area contributed by atoms with Crippen LogP contribution in [-0.4, -0.2) is 59.2 Å². The quantitative estimate of drug-likeness (QED) is 0.790. The monoisotopic (exact) mass is 415 g/mol. The van der Waals surface area contributed by atoms with Crippen molar-refractivity contribution in [1.82, 2.24) is 25.1 Å². The van der Waals surface area contributed by atoms with Crippen molar-refractivity contribution in [2.75, 3.05) is 26.7 Å². The van der Waals surface area contributed by atoms with Crippen LogP contribution < -0.4 is 10.6 Å². The van der Waals surface area contributed by atoms with Crippen LogP contribution in [0, 0.1) is 5.82 Å². The number of likely N-dealkylation sites (tertiary alicyclic amines) is 1. The Labute approximate surface area is 174 Å². The predicted octanol–water partition coefficient (Wildman–Crippen LogP) is 1.41. The zero-order valence-corrected chi connectivity index (χ0v) is 16.9. The first-order valence-corrected chi connectivity index (χ1v) is 10.2. The molecule has 0 aliphatic carbocycles. The highest BCUT2D eigenvalue weighted by molar-refractivity contribution is 5.80. The number of hydrogen-bond donors (Lipinski definition) is 2. The fourth-order valence-electron chi connectivity index (χ4n) is 4.18. The highest BCUT2D eigenvalue weighted by Gasteiger charge is 2.47. The van der Waals surface area contributed by atoms with E-state index in [-0.39, 0.29) is 17.8 Å². The summed E-state index contributed by atoms with van der Waals surface area (Å²) in [6, 6.07) is 6.15. The van der Waals surface area contributed by atoms with Gasteiger partial charge in [-0.2, -0.15) is 0 Å². The number of likely N-dealkylation sites (N-methyl/N-ethyl adjacent to an activating group) is 1. The highest BCUT2D eigenvalue weighted by Crippen LogP contribution is 2.40. The first kappa shape index (κ1) is 20.3. The van der Waals surface area contributed by atoms with Crippen molar-refractivity contribution < 1.29 is 18.7 Å². The summed E-state index contributed by atoms with van der Waals surface area (Å²) in [7, 11) is 1.60. The van der Waals surface area contributed by atoms with Crippen LogP contribution in [0.2, 0.25) is 0 Å². The number of fused-ring (bicyclic) bond motifs is 2. The number of rotatable bonds is 4. The Morgan fingerprint density at radius 1 is 1.27 bits per heavy atom. The Hall–Kier alpha value is -2.94. The van der Waals surface area contributed by atoms with Gasteiger partial charge in [-0.15, -0.1) is 0 Å². The molecule has 2 aromatic rings. The third kappa shape index (κ3) is 4.02. The average molecular weight is 415 g/mol. The number of nitrogens with zero attached hydrogens (tertiary/aromatic N) is 3. The van der Waals surface area contributed by atoms with E-state index in [0.29, 0.717) is 45.4 Å². The lowest BCUT2D eigenvalue weighted by Gasteiger charge is -2.45. The molecule has 2 aliphatic rings. The van der Waals surface area contributed by atoms with Crippen LogP contribution in [0.1, 0.15) is 24.2 Å². The van der Waals surface area contributed by atoms with Crippen LogP contribution in [0.5, 0.6) is 0 Å². The minimum absolute atomic E-state index is 0.131. The standard InChI is InChI=1S/C21H26FN5O3/c1-23-18(28)17-14-27-13-10-24-19(27)21(30-17)7-11-26(12-8-21)20(29)25-9-6-15-2-4-16(22)5-3-15/h2-5,10,13,17H,6-9,11-12,14H2,1H3,(H,23,28)(H,25,29)/t17-/m1/s1. The summed E-state index contributed by atoms with van der Waals surface area (Å²) in [4.78, 5) is 31.0. The third-order valence-corrected chi connectivity index (χ3v) is 5.85. The molecule has 0 bridgehead atoms. The second kappa shape index (κ2) is 8.43. The number of piperidine rings is 1. The summed E-state index contributed by atoms with van der Waals surface area (Å²) in [6.07, 6.45) is 4.79. The van der Waals surface area contributed by atoms with E-state index in [0.717, 1.165) is 11.4 Å². The molecule has 1 spiro atoms. The van der Waals surface area contributed by atoms with Crippen LogP contribution in [0.15, 0.2) is 36.7 Å². The van der Waals surface area contributed by atoms with Gasteiger partial charge >= 0.3 is 6.03 Å². The third-order valence-electron chi connectivity index (χ3n) is 5.85. The predicted molar refractivity (Wildman–Crippen MR) is 107 cm³/mol. The topological polar surface area (TPSA) is 88.5 Å². The number of halogens is 1. The van der Waals surface area contributed by atoms with E-state index in [9.17, 15) is 14.0 Å². The maximum Gasteiger partial charge on any atom is 0.317 e. The van der Waals surface area contributed by atoms with E-state index >= 15 is 0 Å². The molecule has 30 heavy (non-hydrogen) atoms. The summed E-state index contributed by atoms with van der Waals surface area (Å²) in [5.41, 5.74) is 0.307. The van der Waals surface area contributed by atoms with Gasteiger partial charge in [0.1, 0.15) is 17.2 Å². The summed E-state index contributed by atoms with van der Waals surface area (Å²) < 4.78 is 21.2. The van der Waals surface area contributed by atoms with Gasteiger partial charge in [0, 0.05) is 51.9 Å². The number of carbonyl (C=O) groups is 2. The van der Waals surface area contributed by atoms with Gasteiger partial charge in [0.2, 0.25) is 0 Å². The molecule has 2 aliphatic heterocycles. The van der Waals surface area contributed by atoms with Gasteiger partial charge in [-0.3, -0.25) is 4.79 Å². The number of carbonyl (C=O) groups excluding carboxylic acids is 2. The molecule has 1 atom stereocenters. The number of hydrogen-bond acceptors (Lipinski definition) is 4. The number of imidazole rings is 1. The molecule has 4 rings (SSSR count). The largest absolute Gasteiger partial charge is 0.357 e. The van der Waals surface area contributed by atoms with Crippen LogP contribution in [0.4, 0.5) is 9.18 Å². The Bertz CT molecular complexity index is 906. The van der Waals surface area contributed by atoms with Gasteiger partial charge in [0.25, 0.3) is 5.91 Å². The smallest absolute Gasteiger partial charge is 0.317 e. The van der Waals surface area contributed by atoms with Gasteiger partial charge in [-0.05, 0) is 24.1 Å². The van der Waals surface area contributed by atoms with E-state index in [1.54, 1.807) is 30.3 Å². The van der Waals surface area contributed by atoms with Gasteiger partial charge < -0.3 is 24.8 Å². The maximum atomic E-state index is 13.0. The first-order chi connectivity index (χ1) is 14.5. The SMILES string of the molecule is CNC(=O)[C@H]1Cn2ccnc2C2(CCN(C(=O)NCCc3ccc(F)cc3)CC2)O1. The van der Waals surface area contributed by atoms with Crippen molar-refractivity contribution in [3.05, 3.63) is 53.9 Å². The lowest BCUT2D eigenvalue weighted by Crippen LogP contribution is -2.55. The molecule has 3 amide bonds. The number of aromatic nitrogens is 2. The average Bonchev–Trinajstić information content (AvgIpc) is 3.25. The molecule has 8 nitrogen and oxygen atoms in total. The minimum Gasteiger partial charge on any atom is -0.357 e. The number of urea groups is 1. The van der Waals surface area contributed by atoms with E-state index in [1.807, 2.05) is 10.8 Å². The number of benzene rings is 1. The Morgan fingerprint density at radius 3 is 2.70 bits per heavy atom. The molecule has 0 saturated carbocycles. The Morgan fingerprint density at radius 2 is 2.00 bits per heavy atom. The fourth-order valence-corrected chi connectivity index (χ4v) is 4.18. The van der Waals surface area contributed by atoms with Crippen molar-refractivity contribution in [3.8, 4) is 0 Å². The van der Waals surface area contributed by atoms with Gasteiger partial charge in [0.15, 0.2) is 6.10 Å². The molecular formula is C21H26FN5O3. The number of nitrogens with one attached hydrogen (secondary N) is 2. The summed E-state index contributed by atoms with van der Waals surface area (Å²) >= 11 is 0. The van der Waals surface area contributed by atoms with Gasteiger partial charge in [0.05, 0.1) is 6.54 Å². The second-order valence-corrected chi connectivity index (χ2v) is 7.71. The molecule has 3 heterocycles. The number of ether oxygens (including phenoxy) is 1. The van der Waals surface area contributed by atoms with Crippen molar-refractivity contribution in [2.45, 2.75) is 37.5 Å². The molecule has 1 fully saturated rings. The van der Waals surface area contributed by atoms with E-state index in [4.69, 9.17) is 4.74 Å². The summed E-state index contributed by atoms with van der Waals surface area (Å²) in [6.45, 7) is 1.93. The minimum atomic E-state index is -0.663. The lowest BCUT2D eigenvalue weighted by molar-refractivity contribution is -0.171. The molecule has 0 unspecified atom stereocenters. The second-order valence-electron chi connectivity index (χ2n) is 7.71. The molecule has 160 valence electrons. The zero-order chi connectivity index (χ0) is 21.1. The fraction of sp³-hybridized carbons (Fsp3) is 0.476. The molecule has 1 aromatic carbocycles. The summed E-state index contributed by atoms with van der Waals surface area (Å²) in [5, 5.41) is 5.58. The Kier molecular flexibility index (Phi) is 5.72. The van der Waals surface area contributed by atoms with E-state index in [1.165, 1.54) is 12.1 Å². The number of amides is 3. The highest BCUT2D eigenvalue weighted by atomic mass is 19.1. The molecular weight excluding hydrogens is 389 g/mol. The van der Waals surface area contributed by atoms with Crippen LogP contribution in [0.25, 0.3) is 0 Å². The van der Waals surface area contributed by atoms with Gasteiger partial charge in [-0.25, -0.2) is 14.2 Å². The van der Waals surface area contributed by atoms with Crippen LogP contribution >= 0.6 is 0 Å². The van der Waals surface area contributed by atoms with Crippen molar-refractivity contribution in [1.29, 1.82) is 0 Å². The van der Waals surface area contributed by atoms with E-state index < -0.39 is 11.7 Å². The van der Waals surface area contributed by atoms with Gasteiger partial charge in [-0.1, -0.05) is 12.1 Å². The molecule has 9 heteroatoms.